The van der Waals surface area contributed by atoms with Gasteiger partial charge in [-0.15, -0.1) is 0 Å². The van der Waals surface area contributed by atoms with E-state index in [4.69, 9.17) is 5.11 Å². The smallest absolute Gasteiger partial charge is 0.307 e. The normalized spacial score (nSPS) is 23.3. The molecule has 1 heterocycles. The molecule has 0 radical (unpaired) electrons. The van der Waals surface area contributed by atoms with E-state index < -0.39 is 5.97 Å². The van der Waals surface area contributed by atoms with Gasteiger partial charge in [-0.1, -0.05) is 15.9 Å². The Bertz CT molecular complexity index is 501. The van der Waals surface area contributed by atoms with Gasteiger partial charge in [0.2, 0.25) is 0 Å². The quantitative estimate of drug-likeness (QED) is 0.784. The van der Waals surface area contributed by atoms with E-state index in [1.54, 1.807) is 0 Å². The maximum absolute atomic E-state index is 11.0. The monoisotopic (exact) mass is 313 g/mol. The minimum absolute atomic E-state index is 0.0213. The van der Waals surface area contributed by atoms with Crippen molar-refractivity contribution < 1.29 is 15.0 Å². The third kappa shape index (κ3) is 2.24. The number of phenols is 1. The fraction of sp³-hybridized carbons (Fsp3) is 0.462. The molecule has 0 saturated carbocycles. The van der Waals surface area contributed by atoms with Crippen LogP contribution in [0.3, 0.4) is 0 Å². The van der Waals surface area contributed by atoms with Crippen LogP contribution in [0.5, 0.6) is 5.75 Å². The predicted octanol–water partition coefficient (Wildman–Crippen LogP) is 2.51. The van der Waals surface area contributed by atoms with E-state index in [0.29, 0.717) is 13.0 Å². The first kappa shape index (κ1) is 13.4. The number of benzene rings is 1. The zero-order valence-electron chi connectivity index (χ0n) is 10.3. The number of carboxylic acids is 1. The van der Waals surface area contributed by atoms with Gasteiger partial charge < -0.3 is 15.5 Å². The highest BCUT2D eigenvalue weighted by molar-refractivity contribution is 9.10. The SMILES string of the molecule is Cc1cc(Br)c(C2CC(C(=O)O)CN2)c(C)c1O. The molecule has 0 aromatic heterocycles. The van der Waals surface area contributed by atoms with Gasteiger partial charge in [-0.3, -0.25) is 4.79 Å². The molecular formula is C13H16BrNO3. The van der Waals surface area contributed by atoms with Crippen LogP contribution in [0, 0.1) is 19.8 Å². The van der Waals surface area contributed by atoms with E-state index in [0.717, 1.165) is 21.2 Å². The van der Waals surface area contributed by atoms with Gasteiger partial charge in [0.05, 0.1) is 5.92 Å². The van der Waals surface area contributed by atoms with Gasteiger partial charge in [0, 0.05) is 17.1 Å². The number of hydrogen-bond acceptors (Lipinski definition) is 3. The zero-order valence-corrected chi connectivity index (χ0v) is 11.9. The third-order valence-electron chi connectivity index (χ3n) is 3.56. The van der Waals surface area contributed by atoms with E-state index in [1.807, 2.05) is 19.9 Å². The van der Waals surface area contributed by atoms with Gasteiger partial charge in [0.15, 0.2) is 0 Å². The Kier molecular flexibility index (Phi) is 3.64. The van der Waals surface area contributed by atoms with Crippen LogP contribution in [-0.2, 0) is 4.79 Å². The van der Waals surface area contributed by atoms with Gasteiger partial charge in [-0.25, -0.2) is 0 Å². The molecule has 2 atom stereocenters. The Balaban J connectivity index is 2.36. The molecule has 1 aromatic carbocycles. The first-order valence-electron chi connectivity index (χ1n) is 5.86. The highest BCUT2D eigenvalue weighted by Crippen LogP contribution is 2.39. The van der Waals surface area contributed by atoms with Crippen LogP contribution in [-0.4, -0.2) is 22.7 Å². The summed E-state index contributed by atoms with van der Waals surface area (Å²) in [6.45, 7) is 4.18. The minimum Gasteiger partial charge on any atom is -0.507 e. The van der Waals surface area contributed by atoms with Crippen LogP contribution in [0.1, 0.15) is 29.2 Å². The van der Waals surface area contributed by atoms with Gasteiger partial charge in [-0.2, -0.15) is 0 Å². The van der Waals surface area contributed by atoms with Crippen molar-refractivity contribution >= 4 is 21.9 Å². The van der Waals surface area contributed by atoms with E-state index in [2.05, 4.69) is 21.2 Å². The summed E-state index contributed by atoms with van der Waals surface area (Å²) in [5.41, 5.74) is 2.59. The summed E-state index contributed by atoms with van der Waals surface area (Å²) in [5, 5.41) is 22.2. The highest BCUT2D eigenvalue weighted by Gasteiger charge is 2.32. The van der Waals surface area contributed by atoms with E-state index in [-0.39, 0.29) is 17.7 Å². The van der Waals surface area contributed by atoms with Gasteiger partial charge in [-0.05, 0) is 43.0 Å². The molecule has 3 N–H and O–H groups in total. The van der Waals surface area contributed by atoms with Crippen LogP contribution in [0.15, 0.2) is 10.5 Å². The third-order valence-corrected chi connectivity index (χ3v) is 4.22. The maximum atomic E-state index is 11.0. The lowest BCUT2D eigenvalue weighted by Gasteiger charge is -2.18. The standard InChI is InChI=1S/C13H16BrNO3/c1-6-3-9(14)11(7(2)12(6)16)10-4-8(5-15-10)13(17)18/h3,8,10,15-16H,4-5H2,1-2H3,(H,17,18). The summed E-state index contributed by atoms with van der Waals surface area (Å²) in [7, 11) is 0. The van der Waals surface area contributed by atoms with E-state index in [9.17, 15) is 9.90 Å². The largest absolute Gasteiger partial charge is 0.507 e. The molecule has 5 heteroatoms. The number of carbonyl (C=O) groups is 1. The Labute approximate surface area is 114 Å². The van der Waals surface area contributed by atoms with Crippen molar-refractivity contribution in [3.63, 3.8) is 0 Å². The molecule has 4 nitrogen and oxygen atoms in total. The molecule has 0 spiro atoms. The molecule has 2 unspecified atom stereocenters. The lowest BCUT2D eigenvalue weighted by Crippen LogP contribution is -2.17. The van der Waals surface area contributed by atoms with Crippen molar-refractivity contribution in [2.24, 2.45) is 5.92 Å². The molecule has 1 fully saturated rings. The number of aromatic hydroxyl groups is 1. The van der Waals surface area contributed by atoms with Gasteiger partial charge >= 0.3 is 5.97 Å². The number of hydrogen-bond donors (Lipinski definition) is 3. The molecule has 2 rings (SSSR count). The number of rotatable bonds is 2. The molecule has 0 bridgehead atoms. The molecular weight excluding hydrogens is 298 g/mol. The van der Waals surface area contributed by atoms with Crippen molar-refractivity contribution in [3.8, 4) is 5.75 Å². The Morgan fingerprint density at radius 2 is 2.17 bits per heavy atom. The molecule has 18 heavy (non-hydrogen) atoms. The molecule has 1 saturated heterocycles. The van der Waals surface area contributed by atoms with Crippen molar-refractivity contribution in [1.82, 2.24) is 5.32 Å². The summed E-state index contributed by atoms with van der Waals surface area (Å²) >= 11 is 3.50. The number of nitrogens with one attached hydrogen (secondary N) is 1. The second-order valence-electron chi connectivity index (χ2n) is 4.79. The highest BCUT2D eigenvalue weighted by atomic mass is 79.9. The number of aryl methyl sites for hydroxylation is 1. The summed E-state index contributed by atoms with van der Waals surface area (Å²) in [4.78, 5) is 11.0. The second-order valence-corrected chi connectivity index (χ2v) is 5.65. The van der Waals surface area contributed by atoms with E-state index in [1.165, 1.54) is 0 Å². The maximum Gasteiger partial charge on any atom is 0.307 e. The predicted molar refractivity (Wildman–Crippen MR) is 71.8 cm³/mol. The minimum atomic E-state index is -0.768. The number of phenolic OH excluding ortho intramolecular Hbond substituents is 1. The fourth-order valence-electron chi connectivity index (χ4n) is 2.51. The van der Waals surface area contributed by atoms with E-state index >= 15 is 0 Å². The number of carboxylic acid groups (broad SMARTS) is 1. The fourth-order valence-corrected chi connectivity index (χ4v) is 3.43. The summed E-state index contributed by atoms with van der Waals surface area (Å²) in [6.07, 6.45) is 0.553. The molecule has 1 aliphatic rings. The van der Waals surface area contributed by atoms with Crippen molar-refractivity contribution in [2.45, 2.75) is 26.3 Å². The van der Waals surface area contributed by atoms with Crippen LogP contribution in [0.4, 0.5) is 0 Å². The average Bonchev–Trinajstić information content (AvgIpc) is 2.75. The van der Waals surface area contributed by atoms with Crippen molar-refractivity contribution in [3.05, 3.63) is 27.2 Å². The van der Waals surface area contributed by atoms with Crippen LogP contribution in [0.2, 0.25) is 0 Å². The first-order chi connectivity index (χ1) is 8.41. The van der Waals surface area contributed by atoms with Crippen LogP contribution >= 0.6 is 15.9 Å². The first-order valence-corrected chi connectivity index (χ1v) is 6.65. The molecule has 98 valence electrons. The Morgan fingerprint density at radius 1 is 1.50 bits per heavy atom. The van der Waals surface area contributed by atoms with Crippen molar-refractivity contribution in [2.75, 3.05) is 6.54 Å². The molecule has 0 aliphatic carbocycles. The molecule has 1 aliphatic heterocycles. The molecule has 1 aromatic rings. The number of aliphatic carboxylic acids is 1. The van der Waals surface area contributed by atoms with Crippen LogP contribution in [0.25, 0.3) is 0 Å². The van der Waals surface area contributed by atoms with Crippen LogP contribution < -0.4 is 5.32 Å². The summed E-state index contributed by atoms with van der Waals surface area (Å²) in [6, 6.07) is 1.85. The van der Waals surface area contributed by atoms with Gasteiger partial charge in [0.1, 0.15) is 5.75 Å². The summed E-state index contributed by atoms with van der Waals surface area (Å²) < 4.78 is 0.916. The average molecular weight is 314 g/mol. The second kappa shape index (κ2) is 4.90. The lowest BCUT2D eigenvalue weighted by molar-refractivity contribution is -0.141. The van der Waals surface area contributed by atoms with Crippen molar-refractivity contribution in [1.29, 1.82) is 0 Å². The Morgan fingerprint density at radius 3 is 2.72 bits per heavy atom. The van der Waals surface area contributed by atoms with Gasteiger partial charge in [0.25, 0.3) is 0 Å². The topological polar surface area (TPSA) is 69.6 Å². The number of halogens is 1. The molecule has 0 amide bonds. The lowest BCUT2D eigenvalue weighted by atomic mass is 9.94. The summed E-state index contributed by atoms with van der Waals surface area (Å²) in [5.74, 6) is -0.839. The Hall–Kier alpha value is -1.07. The zero-order chi connectivity index (χ0) is 13.4.